The van der Waals surface area contributed by atoms with Gasteiger partial charge in [0.15, 0.2) is 12.2 Å². The van der Waals surface area contributed by atoms with E-state index >= 15 is 0 Å². The van der Waals surface area contributed by atoms with Crippen molar-refractivity contribution in [1.82, 2.24) is 4.98 Å². The third-order valence-electron chi connectivity index (χ3n) is 3.43. The molecule has 13 heteroatoms. The number of pyridine rings is 1. The molecule has 10 nitrogen and oxygen atoms in total. The van der Waals surface area contributed by atoms with Gasteiger partial charge in [-0.25, -0.2) is 9.29 Å². The van der Waals surface area contributed by atoms with Gasteiger partial charge in [0, 0.05) is 19.0 Å². The number of aryl methyl sites for hydroxylation is 1. The van der Waals surface area contributed by atoms with E-state index in [1.807, 2.05) is 36.1 Å². The van der Waals surface area contributed by atoms with Gasteiger partial charge in [-0.3, -0.25) is 9.13 Å². The molecule has 2 aromatic heterocycles. The molecule has 0 radical (unpaired) electrons. The average Bonchev–Trinajstić information content (AvgIpc) is 2.80. The van der Waals surface area contributed by atoms with E-state index in [0.29, 0.717) is 12.4 Å². The summed E-state index contributed by atoms with van der Waals surface area (Å²) in [6.07, 6.45) is 0.218. The zero-order valence-corrected chi connectivity index (χ0v) is 16.6. The summed E-state index contributed by atoms with van der Waals surface area (Å²) < 4.78 is 31.6. The van der Waals surface area contributed by atoms with E-state index in [1.54, 1.807) is 0 Å². The van der Waals surface area contributed by atoms with Gasteiger partial charge in [-0.05, 0) is 19.1 Å². The Hall–Kier alpha value is -1.16. The van der Waals surface area contributed by atoms with Gasteiger partial charge in [-0.2, -0.15) is 4.57 Å². The molecule has 2 heterocycles. The van der Waals surface area contributed by atoms with Crippen LogP contribution in [0.3, 0.4) is 0 Å². The molecule has 144 valence electrons. The molecule has 0 aliphatic carbocycles. The molecule has 0 aromatic carbocycles. The average molecular weight is 422 g/mol. The van der Waals surface area contributed by atoms with Gasteiger partial charge in [-0.1, -0.05) is 11.3 Å². The number of phosphoric ester groups is 1. The largest absolute Gasteiger partial charge is 0.756 e. The highest BCUT2D eigenvalue weighted by Crippen LogP contribution is 2.52. The second kappa shape index (κ2) is 8.24. The normalized spacial score (nSPS) is 16.2. The molecule has 0 aliphatic heterocycles. The van der Waals surface area contributed by atoms with Crippen LogP contribution < -0.4 is 20.1 Å². The van der Waals surface area contributed by atoms with E-state index < -0.39 is 15.6 Å². The molecule has 0 amide bonds. The van der Waals surface area contributed by atoms with E-state index in [1.165, 1.54) is 11.3 Å². The monoisotopic (exact) mass is 422 g/mol. The maximum atomic E-state index is 11.3. The zero-order valence-electron chi connectivity index (χ0n) is 14.0. The number of hydrogen-bond acceptors (Lipinski definition) is 9. The van der Waals surface area contributed by atoms with Crippen LogP contribution in [0.2, 0.25) is 0 Å². The van der Waals surface area contributed by atoms with Gasteiger partial charge in [0.25, 0.3) is 15.6 Å². The Kier molecular flexibility index (Phi) is 6.70. The molecular formula is C13H18N3O7P2S-. The van der Waals surface area contributed by atoms with Crippen molar-refractivity contribution >= 4 is 32.8 Å². The Morgan fingerprint density at radius 1 is 1.35 bits per heavy atom. The molecule has 3 N–H and O–H groups in total. The first-order valence-electron chi connectivity index (χ1n) is 7.36. The Bertz CT molecular complexity index is 883. The summed E-state index contributed by atoms with van der Waals surface area (Å²) in [5.74, 6) is 0.448. The number of aromatic nitrogens is 2. The summed E-state index contributed by atoms with van der Waals surface area (Å²) in [6, 6.07) is 3.76. The molecule has 2 atom stereocenters. The van der Waals surface area contributed by atoms with Crippen LogP contribution in [0.25, 0.3) is 0 Å². The molecule has 0 spiro atoms. The van der Waals surface area contributed by atoms with Gasteiger partial charge in [0.2, 0.25) is 5.51 Å². The number of phosphoric acid groups is 2. The van der Waals surface area contributed by atoms with Crippen molar-refractivity contribution in [3.63, 3.8) is 0 Å². The number of nitrogens with zero attached hydrogens (tertiary/aromatic N) is 2. The first-order chi connectivity index (χ1) is 12.0. The summed E-state index contributed by atoms with van der Waals surface area (Å²) in [6.45, 7) is 3.89. The van der Waals surface area contributed by atoms with Gasteiger partial charge >= 0.3 is 0 Å². The summed E-state index contributed by atoms with van der Waals surface area (Å²) in [5, 5.41) is 0. The minimum atomic E-state index is -5.42. The third-order valence-corrected chi connectivity index (χ3v) is 6.70. The molecule has 0 saturated heterocycles. The fourth-order valence-corrected chi connectivity index (χ4v) is 4.66. The van der Waals surface area contributed by atoms with Crippen molar-refractivity contribution < 1.29 is 37.2 Å². The lowest BCUT2D eigenvalue weighted by Gasteiger charge is -2.26. The van der Waals surface area contributed by atoms with Crippen LogP contribution in [0.4, 0.5) is 5.82 Å². The number of anilines is 1. The van der Waals surface area contributed by atoms with Crippen LogP contribution in [0.5, 0.6) is 0 Å². The standard InChI is InChI=1S/C13H19N3O7P2S/c1-9-3-4-11(13(14)15-9)7-16-8-26-12(10(16)2)5-6-22-25(20,21)23-24(17,18)19/h3-4,8H,5-7H2,1-2H3,(H4-,14,15,17,18,19,20,21)/p-1. The molecule has 2 aromatic rings. The maximum absolute atomic E-state index is 11.3. The van der Waals surface area contributed by atoms with Crippen molar-refractivity contribution in [2.75, 3.05) is 12.3 Å². The van der Waals surface area contributed by atoms with E-state index in [0.717, 1.165) is 21.8 Å². The molecule has 0 aliphatic rings. The van der Waals surface area contributed by atoms with Crippen molar-refractivity contribution in [2.24, 2.45) is 0 Å². The molecule has 0 saturated carbocycles. The zero-order chi connectivity index (χ0) is 19.5. The summed E-state index contributed by atoms with van der Waals surface area (Å²) >= 11 is 1.39. The summed E-state index contributed by atoms with van der Waals surface area (Å²) in [5.41, 5.74) is 10.3. The Morgan fingerprint density at radius 3 is 2.65 bits per heavy atom. The van der Waals surface area contributed by atoms with Crippen LogP contribution in [0.15, 0.2) is 17.6 Å². The van der Waals surface area contributed by atoms with E-state index in [-0.39, 0.29) is 13.0 Å². The molecule has 26 heavy (non-hydrogen) atoms. The number of nitrogens with two attached hydrogens (primary N) is 1. The number of rotatable bonds is 8. The van der Waals surface area contributed by atoms with Crippen LogP contribution >= 0.6 is 27.0 Å². The van der Waals surface area contributed by atoms with E-state index in [2.05, 4.69) is 13.8 Å². The highest BCUT2D eigenvalue weighted by molar-refractivity contribution is 7.59. The molecular weight excluding hydrogens is 404 g/mol. The first kappa shape index (κ1) is 21.1. The van der Waals surface area contributed by atoms with Gasteiger partial charge in [0.1, 0.15) is 5.82 Å². The summed E-state index contributed by atoms with van der Waals surface area (Å²) in [4.78, 5) is 35.2. The highest BCUT2D eigenvalue weighted by atomic mass is 32.1. The van der Waals surface area contributed by atoms with Gasteiger partial charge in [-0.15, -0.1) is 0 Å². The van der Waals surface area contributed by atoms with Crippen molar-refractivity contribution in [1.29, 1.82) is 0 Å². The van der Waals surface area contributed by atoms with E-state index in [9.17, 15) is 18.9 Å². The Balaban J connectivity index is 1.98. The second-order valence-electron chi connectivity index (χ2n) is 5.44. The predicted molar refractivity (Wildman–Crippen MR) is 89.9 cm³/mol. The SMILES string of the molecule is Cc1ccc(C[n+]2csc(CCOP(=O)([O-])OP(=O)([O-])O)c2C)c(N)n1. The lowest BCUT2D eigenvalue weighted by atomic mass is 10.2. The van der Waals surface area contributed by atoms with Crippen LogP contribution in [0.1, 0.15) is 21.8 Å². The lowest BCUT2D eigenvalue weighted by molar-refractivity contribution is -0.689. The first-order valence-corrected chi connectivity index (χ1v) is 11.2. The Labute approximate surface area is 154 Å². The maximum Gasteiger partial charge on any atom is 0.274 e. The molecule has 2 rings (SSSR count). The smallest absolute Gasteiger partial charge is 0.274 e. The molecule has 0 fully saturated rings. The predicted octanol–water partition coefficient (Wildman–Crippen LogP) is 0.183. The van der Waals surface area contributed by atoms with Crippen LogP contribution in [-0.2, 0) is 30.9 Å². The molecule has 0 bridgehead atoms. The highest BCUT2D eigenvalue weighted by Gasteiger charge is 2.20. The van der Waals surface area contributed by atoms with Crippen LogP contribution in [-0.4, -0.2) is 16.5 Å². The second-order valence-corrected chi connectivity index (χ2v) is 9.12. The fourth-order valence-electron chi connectivity index (χ4n) is 2.17. The number of hydrogen-bond donors (Lipinski definition) is 2. The van der Waals surface area contributed by atoms with Crippen molar-refractivity contribution in [2.45, 2.75) is 26.8 Å². The Morgan fingerprint density at radius 2 is 2.04 bits per heavy atom. The van der Waals surface area contributed by atoms with Crippen molar-refractivity contribution in [3.8, 4) is 0 Å². The number of thiazole rings is 1. The minimum absolute atomic E-state index is 0.218. The third kappa shape index (κ3) is 6.22. The van der Waals surface area contributed by atoms with Gasteiger partial charge < -0.3 is 24.9 Å². The van der Waals surface area contributed by atoms with Crippen LogP contribution in [0, 0.1) is 13.8 Å². The lowest BCUT2D eigenvalue weighted by Crippen LogP contribution is -2.35. The topological polar surface area (TPSA) is 162 Å². The minimum Gasteiger partial charge on any atom is -0.756 e. The molecule has 2 unspecified atom stereocenters. The fraction of sp³-hybridized carbons (Fsp3) is 0.385. The van der Waals surface area contributed by atoms with Gasteiger partial charge in [0.05, 0.1) is 17.0 Å². The van der Waals surface area contributed by atoms with Crippen molar-refractivity contribution in [3.05, 3.63) is 39.5 Å². The number of nitrogen functional groups attached to an aromatic ring is 1. The quantitative estimate of drug-likeness (QED) is 0.446. The van der Waals surface area contributed by atoms with E-state index in [4.69, 9.17) is 10.6 Å². The summed E-state index contributed by atoms with van der Waals surface area (Å²) in [7, 11) is -10.5.